The molecule has 0 rings (SSSR count). The van der Waals surface area contributed by atoms with Gasteiger partial charge >= 0.3 is 0 Å². The quantitative estimate of drug-likeness (QED) is 0.430. The molecule has 0 heterocycles. The van der Waals surface area contributed by atoms with Crippen LogP contribution in [0, 0.1) is 14.5 Å². The molecule has 0 saturated carbocycles. The third kappa shape index (κ3) is 11.5. The maximum absolute atomic E-state index is 5.50. The van der Waals surface area contributed by atoms with Gasteiger partial charge in [0.05, 0.1) is 0 Å². The second kappa shape index (κ2) is 33.7. The first-order valence-electron chi connectivity index (χ1n) is 0.354. The van der Waals surface area contributed by atoms with Crippen molar-refractivity contribution in [1.82, 2.24) is 5.73 Å². The molecule has 0 aliphatic carbocycles. The standard InChI is InChI=1S/CH3N.CH3.Y/c1-2;;/h2H,1H2;1H3;/q2*-1;. The van der Waals surface area contributed by atoms with Gasteiger partial charge < -0.3 is 13.2 Å². The molecule has 0 aliphatic heterocycles. The molecule has 0 aromatic heterocycles. The average molecular weight is 133 g/mol. The Morgan fingerprint density at radius 1 is 1.25 bits per heavy atom. The van der Waals surface area contributed by atoms with Crippen LogP contribution >= 0.6 is 0 Å². The molecule has 2 heteroatoms. The fraction of sp³-hybridized carbons (Fsp3) is 0. The maximum atomic E-state index is 5.50. The Morgan fingerprint density at radius 3 is 1.25 bits per heavy atom. The second-order valence-corrected chi connectivity index (χ2v) is 0. The SMILES string of the molecule is [CH2-][NH].[CH3-].[Y]. The van der Waals surface area contributed by atoms with E-state index < -0.39 is 0 Å². The number of rotatable bonds is 0. The van der Waals surface area contributed by atoms with Crippen molar-refractivity contribution >= 4 is 0 Å². The molecular formula is C2H6NY-2. The smallest absolute Gasteiger partial charge is 0 e. The summed E-state index contributed by atoms with van der Waals surface area (Å²) in [6.45, 7) is 0. The van der Waals surface area contributed by atoms with Crippen LogP contribution < -0.4 is 5.73 Å². The van der Waals surface area contributed by atoms with Gasteiger partial charge in [-0.25, -0.2) is 0 Å². The van der Waals surface area contributed by atoms with Crippen LogP contribution in [0.5, 0.6) is 0 Å². The Hall–Kier alpha value is 1.06. The van der Waals surface area contributed by atoms with E-state index in [1.165, 1.54) is 0 Å². The molecule has 2 radical (unpaired) electrons. The Kier molecular flexibility index (Phi) is 165. The zero-order valence-electron chi connectivity index (χ0n) is 2.78. The summed E-state index contributed by atoms with van der Waals surface area (Å²) in [6.07, 6.45) is 0. The van der Waals surface area contributed by atoms with E-state index in [9.17, 15) is 0 Å². The van der Waals surface area contributed by atoms with Crippen molar-refractivity contribution in [3.63, 3.8) is 0 Å². The summed E-state index contributed by atoms with van der Waals surface area (Å²) in [4.78, 5) is 0. The molecule has 24 valence electrons. The molecule has 0 unspecified atom stereocenters. The number of hydrogen-bond donors (Lipinski definition) is 0. The Morgan fingerprint density at radius 2 is 1.25 bits per heavy atom. The van der Waals surface area contributed by atoms with E-state index >= 15 is 0 Å². The van der Waals surface area contributed by atoms with E-state index in [0.29, 0.717) is 0 Å². The summed E-state index contributed by atoms with van der Waals surface area (Å²) in [7, 11) is 2.50. The first kappa shape index (κ1) is 19.6. The van der Waals surface area contributed by atoms with Crippen molar-refractivity contribution in [2.75, 3.05) is 0 Å². The molecule has 1 nitrogen and oxygen atoms in total. The van der Waals surface area contributed by atoms with Crippen molar-refractivity contribution in [2.24, 2.45) is 0 Å². The third-order valence-electron chi connectivity index (χ3n) is 0. The van der Waals surface area contributed by atoms with Crippen LogP contribution in [0.25, 0.3) is 0 Å². The van der Waals surface area contributed by atoms with Crippen LogP contribution in [0.3, 0.4) is 0 Å². The van der Waals surface area contributed by atoms with Crippen LogP contribution in [-0.4, -0.2) is 0 Å². The van der Waals surface area contributed by atoms with E-state index in [0.717, 1.165) is 0 Å². The van der Waals surface area contributed by atoms with Gasteiger partial charge in [0.25, 0.3) is 0 Å². The molecule has 0 aromatic carbocycles. The summed E-state index contributed by atoms with van der Waals surface area (Å²) in [5.74, 6) is 0. The van der Waals surface area contributed by atoms with Crippen molar-refractivity contribution in [2.45, 2.75) is 0 Å². The van der Waals surface area contributed by atoms with Gasteiger partial charge in [0.2, 0.25) is 0 Å². The zero-order valence-corrected chi connectivity index (χ0v) is 5.62. The maximum Gasteiger partial charge on any atom is 0 e. The first-order valence-corrected chi connectivity index (χ1v) is 0.354. The van der Waals surface area contributed by atoms with Gasteiger partial charge in [-0.3, -0.25) is 7.05 Å². The van der Waals surface area contributed by atoms with E-state index in [2.05, 4.69) is 7.05 Å². The van der Waals surface area contributed by atoms with Gasteiger partial charge in [0.1, 0.15) is 0 Å². The largest absolute Gasteiger partial charge is 0.440 e. The summed E-state index contributed by atoms with van der Waals surface area (Å²) < 4.78 is 0. The van der Waals surface area contributed by atoms with Gasteiger partial charge in [-0.15, -0.1) is 0 Å². The zero-order chi connectivity index (χ0) is 2.00. The predicted octanol–water partition coefficient (Wildman–Crippen LogP) is 0.509. The van der Waals surface area contributed by atoms with Gasteiger partial charge in [-0.2, -0.15) is 0 Å². The Balaban J connectivity index is -0.00000000500. The van der Waals surface area contributed by atoms with Crippen LogP contribution in [0.4, 0.5) is 0 Å². The summed E-state index contributed by atoms with van der Waals surface area (Å²) in [5.41, 5.74) is 5.50. The van der Waals surface area contributed by atoms with Crippen LogP contribution in [0.2, 0.25) is 0 Å². The van der Waals surface area contributed by atoms with Gasteiger partial charge in [-0.05, 0) is 0 Å². The molecule has 0 aliphatic rings. The molecule has 1 N–H and O–H groups in total. The van der Waals surface area contributed by atoms with Crippen molar-refractivity contribution < 1.29 is 32.7 Å². The number of nitrogens with one attached hydrogen (secondary N) is 1. The van der Waals surface area contributed by atoms with Crippen LogP contribution in [-0.2, 0) is 32.7 Å². The Labute approximate surface area is 52.8 Å². The van der Waals surface area contributed by atoms with E-state index in [1.807, 2.05) is 0 Å². The molecule has 0 bridgehead atoms. The molecule has 4 heavy (non-hydrogen) atoms. The minimum absolute atomic E-state index is 0. The van der Waals surface area contributed by atoms with Crippen LogP contribution in [0.1, 0.15) is 0 Å². The third-order valence-corrected chi connectivity index (χ3v) is 0. The average Bonchev–Trinajstić information content (AvgIpc) is 1.00. The monoisotopic (exact) mass is 133 g/mol. The topological polar surface area (TPSA) is 23.8 Å². The summed E-state index contributed by atoms with van der Waals surface area (Å²) in [6, 6.07) is 0. The minimum Gasteiger partial charge on any atom is -0.440 e. The molecule has 0 amide bonds. The molecule has 0 fully saturated rings. The summed E-state index contributed by atoms with van der Waals surface area (Å²) in [5, 5.41) is 0. The second-order valence-electron chi connectivity index (χ2n) is 0. The molecule has 0 atom stereocenters. The fourth-order valence-corrected chi connectivity index (χ4v) is 0. The molecule has 0 saturated heterocycles. The van der Waals surface area contributed by atoms with Gasteiger partial charge in [0.15, 0.2) is 0 Å². The normalized spacial score (nSPS) is 1.50. The van der Waals surface area contributed by atoms with E-state index in [4.69, 9.17) is 5.73 Å². The van der Waals surface area contributed by atoms with Crippen LogP contribution in [0.15, 0.2) is 0 Å². The van der Waals surface area contributed by atoms with Crippen molar-refractivity contribution in [3.8, 4) is 0 Å². The van der Waals surface area contributed by atoms with Crippen molar-refractivity contribution in [1.29, 1.82) is 0 Å². The van der Waals surface area contributed by atoms with E-state index in [-0.39, 0.29) is 40.1 Å². The molecular weight excluding hydrogens is 127 g/mol. The fourth-order valence-electron chi connectivity index (χ4n) is 0. The first-order chi connectivity index (χ1) is 1.00. The van der Waals surface area contributed by atoms with E-state index in [1.54, 1.807) is 0 Å². The van der Waals surface area contributed by atoms with Gasteiger partial charge in [-0.1, -0.05) is 0 Å². The molecule has 0 aromatic rings. The van der Waals surface area contributed by atoms with Gasteiger partial charge in [0, 0.05) is 32.7 Å². The summed E-state index contributed by atoms with van der Waals surface area (Å²) >= 11 is 0. The Bertz CT molecular complexity index is 6.00. The van der Waals surface area contributed by atoms with Crippen molar-refractivity contribution in [3.05, 3.63) is 14.5 Å². The number of hydrogen-bond acceptors (Lipinski definition) is 0. The predicted molar refractivity (Wildman–Crippen MR) is 14.9 cm³/mol. The minimum atomic E-state index is 0. The molecule has 0 spiro atoms.